The zero-order valence-electron chi connectivity index (χ0n) is 17.4. The van der Waals surface area contributed by atoms with Crippen LogP contribution in [0, 0.1) is 12.8 Å². The fraction of sp³-hybridized carbons (Fsp3) is 0.300. The number of hydrogen-bond donors (Lipinski definition) is 2. The molecule has 32 heavy (non-hydrogen) atoms. The van der Waals surface area contributed by atoms with Crippen molar-refractivity contribution in [2.75, 3.05) is 15.8 Å². The maximum atomic E-state index is 12.8. The highest BCUT2D eigenvalue weighted by Gasteiger charge is 2.28. The van der Waals surface area contributed by atoms with E-state index in [1.165, 1.54) is 53.6 Å². The molecule has 2 N–H and O–H groups in total. The standard InChI is InChI=1S/C20H21N5O4S3/c1-3-16-12(2)22-20-25(18(16)27)10-13(11-31-20)17(26)23-14-4-6-15(7-5-14)32(28,29)24-19-21-8-9-30-19/h4-9,13H,3,10-11H2,1-2H3,(H,21,24)(H,23,26). The van der Waals surface area contributed by atoms with Gasteiger partial charge < -0.3 is 5.32 Å². The van der Waals surface area contributed by atoms with Gasteiger partial charge in [0.1, 0.15) is 0 Å². The van der Waals surface area contributed by atoms with Crippen molar-refractivity contribution in [1.29, 1.82) is 0 Å². The van der Waals surface area contributed by atoms with Gasteiger partial charge in [-0.15, -0.1) is 11.3 Å². The van der Waals surface area contributed by atoms with Gasteiger partial charge in [0.05, 0.1) is 10.8 Å². The summed E-state index contributed by atoms with van der Waals surface area (Å²) in [6.45, 7) is 4.00. The maximum absolute atomic E-state index is 12.8. The van der Waals surface area contributed by atoms with Crippen molar-refractivity contribution >= 4 is 49.8 Å². The van der Waals surface area contributed by atoms with E-state index in [0.29, 0.717) is 28.6 Å². The van der Waals surface area contributed by atoms with Crippen LogP contribution in [0.15, 0.2) is 50.7 Å². The van der Waals surface area contributed by atoms with Crippen LogP contribution < -0.4 is 15.6 Å². The van der Waals surface area contributed by atoms with Gasteiger partial charge in [0, 0.05) is 40.8 Å². The van der Waals surface area contributed by atoms with Crippen LogP contribution in [0.1, 0.15) is 18.2 Å². The van der Waals surface area contributed by atoms with Crippen molar-refractivity contribution in [3.05, 3.63) is 57.5 Å². The third-order valence-electron chi connectivity index (χ3n) is 5.06. The van der Waals surface area contributed by atoms with E-state index in [9.17, 15) is 18.0 Å². The number of fused-ring (bicyclic) bond motifs is 1. The van der Waals surface area contributed by atoms with Crippen LogP contribution in [0.4, 0.5) is 10.8 Å². The third kappa shape index (κ3) is 4.57. The maximum Gasteiger partial charge on any atom is 0.263 e. The van der Waals surface area contributed by atoms with Gasteiger partial charge in [0.2, 0.25) is 5.91 Å². The number of nitrogens with zero attached hydrogens (tertiary/aromatic N) is 3. The topological polar surface area (TPSA) is 123 Å². The Balaban J connectivity index is 1.45. The van der Waals surface area contributed by atoms with Gasteiger partial charge in [0.25, 0.3) is 15.6 Å². The Kier molecular flexibility index (Phi) is 6.35. The van der Waals surface area contributed by atoms with E-state index >= 15 is 0 Å². The average Bonchev–Trinajstić information content (AvgIpc) is 3.26. The molecule has 1 atom stereocenters. The second kappa shape index (κ2) is 9.04. The zero-order valence-corrected chi connectivity index (χ0v) is 19.8. The van der Waals surface area contributed by atoms with Crippen molar-refractivity contribution in [1.82, 2.24) is 14.5 Å². The highest BCUT2D eigenvalue weighted by atomic mass is 32.2. The van der Waals surface area contributed by atoms with E-state index in [4.69, 9.17) is 0 Å². The Morgan fingerprint density at radius 3 is 2.69 bits per heavy atom. The SMILES string of the molecule is CCc1c(C)nc2n(c1=O)CC(C(=O)Nc1ccc(S(=O)(=O)Nc3nccs3)cc1)CS2. The minimum atomic E-state index is -3.76. The van der Waals surface area contributed by atoms with E-state index in [2.05, 4.69) is 20.0 Å². The first-order valence-electron chi connectivity index (χ1n) is 9.85. The number of anilines is 2. The zero-order chi connectivity index (χ0) is 22.9. The van der Waals surface area contributed by atoms with Crippen molar-refractivity contribution in [3.63, 3.8) is 0 Å². The van der Waals surface area contributed by atoms with Gasteiger partial charge in [-0.25, -0.2) is 18.4 Å². The molecule has 12 heteroatoms. The van der Waals surface area contributed by atoms with Gasteiger partial charge in [-0.3, -0.25) is 18.9 Å². The van der Waals surface area contributed by atoms with Crippen molar-refractivity contribution < 1.29 is 13.2 Å². The average molecular weight is 492 g/mol. The summed E-state index contributed by atoms with van der Waals surface area (Å²) in [5, 5.41) is 5.40. The molecule has 0 radical (unpaired) electrons. The molecule has 3 heterocycles. The lowest BCUT2D eigenvalue weighted by Crippen LogP contribution is -2.38. The van der Waals surface area contributed by atoms with Crippen molar-refractivity contribution in [2.24, 2.45) is 5.92 Å². The third-order valence-corrected chi connectivity index (χ3v) is 8.37. The molecule has 1 amide bonds. The normalized spacial score (nSPS) is 15.8. The van der Waals surface area contributed by atoms with Gasteiger partial charge in [-0.1, -0.05) is 18.7 Å². The molecule has 4 rings (SSSR count). The van der Waals surface area contributed by atoms with Crippen molar-refractivity contribution in [3.8, 4) is 0 Å². The first-order valence-corrected chi connectivity index (χ1v) is 13.2. The molecule has 0 aliphatic carbocycles. The second-order valence-electron chi connectivity index (χ2n) is 7.19. The molecule has 1 aliphatic rings. The summed E-state index contributed by atoms with van der Waals surface area (Å²) in [6, 6.07) is 5.90. The quantitative estimate of drug-likeness (QED) is 0.508. The molecule has 1 unspecified atom stereocenters. The number of thioether (sulfide) groups is 1. The van der Waals surface area contributed by atoms with Crippen LogP contribution in [0.25, 0.3) is 0 Å². The number of amides is 1. The van der Waals surface area contributed by atoms with Crippen LogP contribution in [0.2, 0.25) is 0 Å². The van der Waals surface area contributed by atoms with Gasteiger partial charge in [-0.2, -0.15) is 0 Å². The summed E-state index contributed by atoms with van der Waals surface area (Å²) in [6.07, 6.45) is 2.10. The van der Waals surface area contributed by atoms with Gasteiger partial charge >= 0.3 is 0 Å². The summed E-state index contributed by atoms with van der Waals surface area (Å²) in [7, 11) is -3.76. The molecule has 0 fully saturated rings. The highest BCUT2D eigenvalue weighted by Crippen LogP contribution is 2.27. The van der Waals surface area contributed by atoms with Crippen LogP contribution in [-0.4, -0.2) is 34.6 Å². The molecule has 0 saturated carbocycles. The van der Waals surface area contributed by atoms with E-state index in [1.54, 1.807) is 9.95 Å². The number of carbonyl (C=O) groups is 1. The molecule has 0 bridgehead atoms. The molecule has 168 valence electrons. The van der Waals surface area contributed by atoms with E-state index in [-0.39, 0.29) is 28.0 Å². The Morgan fingerprint density at radius 1 is 1.28 bits per heavy atom. The lowest BCUT2D eigenvalue weighted by Gasteiger charge is -2.25. The molecule has 3 aromatic rings. The fourth-order valence-corrected chi connectivity index (χ4v) is 6.28. The monoisotopic (exact) mass is 491 g/mol. The molecule has 1 aliphatic heterocycles. The largest absolute Gasteiger partial charge is 0.326 e. The summed E-state index contributed by atoms with van der Waals surface area (Å²) in [5.74, 6) is -0.132. The minimum Gasteiger partial charge on any atom is -0.326 e. The number of benzene rings is 1. The summed E-state index contributed by atoms with van der Waals surface area (Å²) >= 11 is 2.57. The predicted molar refractivity (Wildman–Crippen MR) is 125 cm³/mol. The molecular formula is C20H21N5O4S3. The summed E-state index contributed by atoms with van der Waals surface area (Å²) < 4.78 is 28.8. The number of rotatable bonds is 6. The second-order valence-corrected chi connectivity index (χ2v) is 10.8. The van der Waals surface area contributed by atoms with E-state index < -0.39 is 15.9 Å². The smallest absolute Gasteiger partial charge is 0.263 e. The minimum absolute atomic E-state index is 0.0629. The van der Waals surface area contributed by atoms with Crippen LogP contribution in [0.3, 0.4) is 0 Å². The molecule has 2 aromatic heterocycles. The van der Waals surface area contributed by atoms with E-state index in [1.807, 2.05) is 13.8 Å². The lowest BCUT2D eigenvalue weighted by molar-refractivity contribution is -0.119. The Bertz CT molecular complexity index is 1300. The number of carbonyl (C=O) groups excluding carboxylic acids is 1. The molecule has 0 spiro atoms. The number of thiazole rings is 1. The molecule has 9 nitrogen and oxygen atoms in total. The molecule has 0 saturated heterocycles. The van der Waals surface area contributed by atoms with Crippen LogP contribution in [-0.2, 0) is 27.8 Å². The number of aromatic nitrogens is 3. The predicted octanol–water partition coefficient (Wildman–Crippen LogP) is 2.73. The van der Waals surface area contributed by atoms with Crippen LogP contribution >= 0.6 is 23.1 Å². The number of nitrogens with one attached hydrogen (secondary N) is 2. The highest BCUT2D eigenvalue weighted by molar-refractivity contribution is 7.99. The Labute approximate surface area is 193 Å². The summed E-state index contributed by atoms with van der Waals surface area (Å²) in [4.78, 5) is 34.0. The van der Waals surface area contributed by atoms with Gasteiger partial charge in [-0.05, 0) is 37.6 Å². The number of hydrogen-bond acceptors (Lipinski definition) is 8. The first-order chi connectivity index (χ1) is 15.3. The van der Waals surface area contributed by atoms with Crippen molar-refractivity contribution in [2.45, 2.75) is 36.9 Å². The Hall–Kier alpha value is -2.70. The lowest BCUT2D eigenvalue weighted by atomic mass is 10.1. The fourth-order valence-electron chi connectivity index (χ4n) is 3.37. The molecular weight excluding hydrogens is 470 g/mol. The molecule has 1 aromatic carbocycles. The first kappa shape index (κ1) is 22.5. The van der Waals surface area contributed by atoms with Gasteiger partial charge in [0.15, 0.2) is 10.3 Å². The number of sulfonamides is 1. The summed E-state index contributed by atoms with van der Waals surface area (Å²) in [5.41, 5.74) is 1.78. The Morgan fingerprint density at radius 2 is 2.03 bits per heavy atom. The van der Waals surface area contributed by atoms with Crippen LogP contribution in [0.5, 0.6) is 0 Å². The number of aryl methyl sites for hydroxylation is 1. The van der Waals surface area contributed by atoms with E-state index in [0.717, 1.165) is 5.69 Å².